The molecule has 1 N–H and O–H groups in total. The summed E-state index contributed by atoms with van der Waals surface area (Å²) < 4.78 is 1.44. The predicted octanol–water partition coefficient (Wildman–Crippen LogP) is 1.15. The van der Waals surface area contributed by atoms with Gasteiger partial charge in [-0.2, -0.15) is 5.10 Å². The Morgan fingerprint density at radius 2 is 2.29 bits per heavy atom. The molecule has 5 nitrogen and oxygen atoms in total. The van der Waals surface area contributed by atoms with Crippen LogP contribution in [0.15, 0.2) is 6.07 Å². The molecule has 5 heteroatoms. The highest BCUT2D eigenvalue weighted by molar-refractivity contribution is 5.85. The van der Waals surface area contributed by atoms with Crippen molar-refractivity contribution in [3.05, 3.63) is 17.5 Å². The van der Waals surface area contributed by atoms with Crippen LogP contribution in [0.4, 0.5) is 0 Å². The van der Waals surface area contributed by atoms with Crippen LogP contribution in [0.1, 0.15) is 35.4 Å². The topological polar surface area (TPSA) is 58.4 Å². The van der Waals surface area contributed by atoms with Gasteiger partial charge in [0.2, 0.25) is 0 Å². The van der Waals surface area contributed by atoms with Crippen LogP contribution in [0.25, 0.3) is 0 Å². The van der Waals surface area contributed by atoms with E-state index in [0.717, 1.165) is 18.7 Å². The maximum atomic E-state index is 10.9. The molecule has 1 aromatic heterocycles. The number of hydrogen-bond acceptors (Lipinski definition) is 3. The zero-order valence-electron chi connectivity index (χ0n) is 10.4. The van der Waals surface area contributed by atoms with Crippen LogP contribution in [0.5, 0.6) is 0 Å². The third kappa shape index (κ3) is 2.66. The molecule has 2 rings (SSSR count). The van der Waals surface area contributed by atoms with Crippen molar-refractivity contribution >= 4 is 5.97 Å². The van der Waals surface area contributed by atoms with Crippen molar-refractivity contribution < 1.29 is 9.90 Å². The molecule has 0 aromatic carbocycles. The molecule has 1 saturated heterocycles. The smallest absolute Gasteiger partial charge is 0.354 e. The van der Waals surface area contributed by atoms with Gasteiger partial charge in [0, 0.05) is 19.5 Å². The molecule has 0 aliphatic carbocycles. The van der Waals surface area contributed by atoms with Gasteiger partial charge in [0.05, 0.1) is 5.69 Å². The number of aryl methyl sites for hydroxylation is 1. The first kappa shape index (κ1) is 12.1. The lowest BCUT2D eigenvalue weighted by Crippen LogP contribution is -2.37. The Balaban J connectivity index is 2.07. The van der Waals surface area contributed by atoms with E-state index in [9.17, 15) is 4.79 Å². The highest BCUT2D eigenvalue weighted by Crippen LogP contribution is 2.18. The molecule has 1 unspecified atom stereocenters. The van der Waals surface area contributed by atoms with Gasteiger partial charge in [-0.25, -0.2) is 4.79 Å². The zero-order chi connectivity index (χ0) is 12.4. The summed E-state index contributed by atoms with van der Waals surface area (Å²) in [6.07, 6.45) is 4.54. The highest BCUT2D eigenvalue weighted by atomic mass is 16.4. The van der Waals surface area contributed by atoms with Gasteiger partial charge in [-0.05, 0) is 32.5 Å². The zero-order valence-corrected chi connectivity index (χ0v) is 10.4. The van der Waals surface area contributed by atoms with Gasteiger partial charge < -0.3 is 10.0 Å². The van der Waals surface area contributed by atoms with E-state index in [1.165, 1.54) is 23.9 Å². The molecular weight excluding hydrogens is 218 g/mol. The normalized spacial score (nSPS) is 21.6. The lowest BCUT2D eigenvalue weighted by molar-refractivity contribution is 0.0685. The average Bonchev–Trinajstić information content (AvgIpc) is 2.63. The first-order valence-corrected chi connectivity index (χ1v) is 6.04. The number of carbonyl (C=O) groups is 1. The van der Waals surface area contributed by atoms with Gasteiger partial charge in [0.1, 0.15) is 5.69 Å². The number of aromatic carboxylic acids is 1. The SMILES string of the molecule is CN1CCCCC1Cc1cc(C(=O)O)n(C)n1. The number of likely N-dealkylation sites (tertiary alicyclic amines) is 1. The van der Waals surface area contributed by atoms with E-state index in [2.05, 4.69) is 17.0 Å². The number of aromatic nitrogens is 2. The minimum absolute atomic E-state index is 0.262. The predicted molar refractivity (Wildman–Crippen MR) is 64.1 cm³/mol. The number of carboxylic acids is 1. The minimum Gasteiger partial charge on any atom is -0.477 e. The van der Waals surface area contributed by atoms with E-state index in [4.69, 9.17) is 5.11 Å². The van der Waals surface area contributed by atoms with Gasteiger partial charge >= 0.3 is 5.97 Å². The molecule has 0 spiro atoms. The minimum atomic E-state index is -0.914. The summed E-state index contributed by atoms with van der Waals surface area (Å²) in [6, 6.07) is 2.19. The molecule has 0 amide bonds. The maximum Gasteiger partial charge on any atom is 0.354 e. The van der Waals surface area contributed by atoms with E-state index in [0.29, 0.717) is 6.04 Å². The van der Waals surface area contributed by atoms with Crippen molar-refractivity contribution in [2.24, 2.45) is 7.05 Å². The Bertz CT molecular complexity index is 414. The number of hydrogen-bond donors (Lipinski definition) is 1. The number of rotatable bonds is 3. The van der Waals surface area contributed by atoms with Gasteiger partial charge in [-0.3, -0.25) is 4.68 Å². The Morgan fingerprint density at radius 3 is 2.88 bits per heavy atom. The fraction of sp³-hybridized carbons (Fsp3) is 0.667. The van der Waals surface area contributed by atoms with Gasteiger partial charge in [-0.15, -0.1) is 0 Å². The molecule has 94 valence electrons. The second-order valence-electron chi connectivity index (χ2n) is 4.78. The van der Waals surface area contributed by atoms with Crippen LogP contribution >= 0.6 is 0 Å². The molecule has 17 heavy (non-hydrogen) atoms. The maximum absolute atomic E-state index is 10.9. The van der Waals surface area contributed by atoms with Gasteiger partial charge in [0.25, 0.3) is 0 Å². The second kappa shape index (κ2) is 4.87. The highest BCUT2D eigenvalue weighted by Gasteiger charge is 2.21. The summed E-state index contributed by atoms with van der Waals surface area (Å²) in [5.41, 5.74) is 1.14. The molecule has 1 aromatic rings. The fourth-order valence-corrected chi connectivity index (χ4v) is 2.47. The first-order chi connectivity index (χ1) is 8.08. The molecule has 0 saturated carbocycles. The molecule has 0 radical (unpaired) electrons. The summed E-state index contributed by atoms with van der Waals surface area (Å²) in [7, 11) is 3.81. The van der Waals surface area contributed by atoms with E-state index >= 15 is 0 Å². The third-order valence-electron chi connectivity index (χ3n) is 3.52. The molecule has 1 fully saturated rings. The Labute approximate surface area is 101 Å². The van der Waals surface area contributed by atoms with Crippen molar-refractivity contribution in [1.29, 1.82) is 0 Å². The Hall–Kier alpha value is -1.36. The quantitative estimate of drug-likeness (QED) is 0.856. The van der Waals surface area contributed by atoms with E-state index < -0.39 is 5.97 Å². The standard InChI is InChI=1S/C12H19N3O2/c1-14-6-4-3-5-10(14)7-9-8-11(12(16)17)15(2)13-9/h8,10H,3-7H2,1-2H3,(H,16,17). The largest absolute Gasteiger partial charge is 0.477 e. The summed E-state index contributed by atoms with van der Waals surface area (Å²) in [5.74, 6) is -0.914. The summed E-state index contributed by atoms with van der Waals surface area (Å²) >= 11 is 0. The fourth-order valence-electron chi connectivity index (χ4n) is 2.47. The molecule has 2 heterocycles. The Kier molecular flexibility index (Phi) is 3.47. The summed E-state index contributed by atoms with van der Waals surface area (Å²) in [4.78, 5) is 13.3. The summed E-state index contributed by atoms with van der Waals surface area (Å²) in [6.45, 7) is 1.13. The Morgan fingerprint density at radius 1 is 1.53 bits per heavy atom. The molecule has 1 aliphatic rings. The molecule has 1 atom stereocenters. The molecular formula is C12H19N3O2. The second-order valence-corrected chi connectivity index (χ2v) is 4.78. The van der Waals surface area contributed by atoms with Crippen molar-refractivity contribution in [2.75, 3.05) is 13.6 Å². The van der Waals surface area contributed by atoms with Crippen LogP contribution in [0.3, 0.4) is 0 Å². The van der Waals surface area contributed by atoms with Crippen LogP contribution in [-0.4, -0.2) is 45.4 Å². The van der Waals surface area contributed by atoms with Gasteiger partial charge in [-0.1, -0.05) is 6.42 Å². The lowest BCUT2D eigenvalue weighted by Gasteiger charge is -2.31. The van der Waals surface area contributed by atoms with Crippen LogP contribution in [0.2, 0.25) is 0 Å². The lowest BCUT2D eigenvalue weighted by atomic mass is 9.99. The van der Waals surface area contributed by atoms with E-state index in [-0.39, 0.29) is 5.69 Å². The monoisotopic (exact) mass is 237 g/mol. The average molecular weight is 237 g/mol. The van der Waals surface area contributed by atoms with Crippen molar-refractivity contribution in [3.63, 3.8) is 0 Å². The number of piperidine rings is 1. The van der Waals surface area contributed by atoms with Crippen molar-refractivity contribution in [2.45, 2.75) is 31.7 Å². The molecule has 0 bridgehead atoms. The van der Waals surface area contributed by atoms with Crippen LogP contribution < -0.4 is 0 Å². The number of likely N-dealkylation sites (N-methyl/N-ethyl adjacent to an activating group) is 1. The van der Waals surface area contributed by atoms with E-state index in [1.807, 2.05) is 0 Å². The van der Waals surface area contributed by atoms with Gasteiger partial charge in [0.15, 0.2) is 0 Å². The van der Waals surface area contributed by atoms with Crippen molar-refractivity contribution in [1.82, 2.24) is 14.7 Å². The summed E-state index contributed by atoms with van der Waals surface area (Å²) in [5, 5.41) is 13.2. The van der Waals surface area contributed by atoms with Crippen LogP contribution in [0, 0.1) is 0 Å². The number of nitrogens with zero attached hydrogens (tertiary/aromatic N) is 3. The van der Waals surface area contributed by atoms with E-state index in [1.54, 1.807) is 13.1 Å². The number of carboxylic acid groups (broad SMARTS) is 1. The third-order valence-corrected chi connectivity index (χ3v) is 3.52. The van der Waals surface area contributed by atoms with Crippen LogP contribution in [-0.2, 0) is 13.5 Å². The first-order valence-electron chi connectivity index (χ1n) is 6.04. The molecule has 1 aliphatic heterocycles. The van der Waals surface area contributed by atoms with Crippen molar-refractivity contribution in [3.8, 4) is 0 Å².